The van der Waals surface area contributed by atoms with E-state index in [1.165, 1.54) is 11.3 Å². The second kappa shape index (κ2) is 7.47. The maximum absolute atomic E-state index is 12.3. The van der Waals surface area contributed by atoms with Gasteiger partial charge in [0.1, 0.15) is 4.21 Å². The molecule has 0 spiro atoms. The molecule has 4 nitrogen and oxygen atoms in total. The molecule has 0 aliphatic rings. The van der Waals surface area contributed by atoms with E-state index in [4.69, 9.17) is 11.6 Å². The van der Waals surface area contributed by atoms with Crippen LogP contribution in [0.2, 0.25) is 5.02 Å². The highest BCUT2D eigenvalue weighted by molar-refractivity contribution is 7.94. The van der Waals surface area contributed by atoms with Crippen molar-refractivity contribution < 1.29 is 8.42 Å². The number of hydrogen-bond donors (Lipinski definition) is 2. The largest absolute Gasteiger partial charge is 0.381 e. The van der Waals surface area contributed by atoms with Gasteiger partial charge in [-0.2, -0.15) is 0 Å². The number of hydrogen-bond acceptors (Lipinski definition) is 4. The smallest absolute Gasteiger partial charge is 0.271 e. The third-order valence-corrected chi connectivity index (χ3v) is 6.65. The van der Waals surface area contributed by atoms with Crippen LogP contribution in [0.15, 0.2) is 64.9 Å². The minimum atomic E-state index is -3.53. The van der Waals surface area contributed by atoms with E-state index >= 15 is 0 Å². The van der Waals surface area contributed by atoms with Crippen LogP contribution in [0.3, 0.4) is 0 Å². The average Bonchev–Trinajstić information content (AvgIpc) is 3.03. The van der Waals surface area contributed by atoms with Gasteiger partial charge >= 0.3 is 0 Å². The minimum Gasteiger partial charge on any atom is -0.381 e. The SMILES string of the molecule is Cc1ccc(S(=O)(=O)Nc2ccc(NCc3ccc(Cl)cc3)cc2)s1. The number of anilines is 2. The monoisotopic (exact) mass is 392 g/mol. The Hall–Kier alpha value is -2.02. The fourth-order valence-electron chi connectivity index (χ4n) is 2.22. The number of halogens is 1. The van der Waals surface area contributed by atoms with Gasteiger partial charge in [0, 0.05) is 27.8 Å². The quantitative estimate of drug-likeness (QED) is 0.611. The van der Waals surface area contributed by atoms with Crippen molar-refractivity contribution in [3.8, 4) is 0 Å². The van der Waals surface area contributed by atoms with Crippen molar-refractivity contribution in [2.45, 2.75) is 17.7 Å². The summed E-state index contributed by atoms with van der Waals surface area (Å²) in [6.07, 6.45) is 0. The summed E-state index contributed by atoms with van der Waals surface area (Å²) >= 11 is 7.12. The van der Waals surface area contributed by atoms with Gasteiger partial charge < -0.3 is 5.32 Å². The van der Waals surface area contributed by atoms with E-state index in [1.54, 1.807) is 24.3 Å². The summed E-state index contributed by atoms with van der Waals surface area (Å²) in [4.78, 5) is 0.960. The number of nitrogens with one attached hydrogen (secondary N) is 2. The van der Waals surface area contributed by atoms with Gasteiger partial charge in [-0.15, -0.1) is 11.3 Å². The summed E-state index contributed by atoms with van der Waals surface area (Å²) in [5.74, 6) is 0. The lowest BCUT2D eigenvalue weighted by Gasteiger charge is -2.09. The molecule has 0 saturated heterocycles. The number of thiophene rings is 1. The standard InChI is InChI=1S/C18H17ClN2O2S2/c1-13-2-11-18(24-13)25(22,23)21-17-9-7-16(8-10-17)20-12-14-3-5-15(19)6-4-14/h2-11,20-21H,12H2,1H3. The molecule has 3 aromatic rings. The minimum absolute atomic E-state index is 0.315. The van der Waals surface area contributed by atoms with Gasteiger partial charge in [-0.25, -0.2) is 8.42 Å². The summed E-state index contributed by atoms with van der Waals surface area (Å²) in [6, 6.07) is 18.2. The van der Waals surface area contributed by atoms with E-state index < -0.39 is 10.0 Å². The van der Waals surface area contributed by atoms with Gasteiger partial charge in [0.05, 0.1) is 0 Å². The molecule has 0 bridgehead atoms. The van der Waals surface area contributed by atoms with Crippen LogP contribution >= 0.6 is 22.9 Å². The van der Waals surface area contributed by atoms with Gasteiger partial charge in [0.15, 0.2) is 0 Å². The molecule has 0 unspecified atom stereocenters. The summed E-state index contributed by atoms with van der Waals surface area (Å²) < 4.78 is 27.5. The van der Waals surface area contributed by atoms with Crippen LogP contribution in [-0.2, 0) is 16.6 Å². The Balaban J connectivity index is 1.63. The topological polar surface area (TPSA) is 58.2 Å². The molecular weight excluding hydrogens is 376 g/mol. The Bertz CT molecular complexity index is 950. The highest BCUT2D eigenvalue weighted by Crippen LogP contribution is 2.24. The lowest BCUT2D eigenvalue weighted by molar-refractivity contribution is 0.603. The van der Waals surface area contributed by atoms with Gasteiger partial charge in [-0.05, 0) is 61.0 Å². The molecule has 1 aromatic heterocycles. The zero-order chi connectivity index (χ0) is 17.9. The van der Waals surface area contributed by atoms with E-state index in [0.717, 1.165) is 16.1 Å². The first-order valence-corrected chi connectivity index (χ1v) is 10.3. The zero-order valence-corrected chi connectivity index (χ0v) is 15.9. The molecular formula is C18H17ClN2O2S2. The third kappa shape index (κ3) is 4.75. The molecule has 130 valence electrons. The van der Waals surface area contributed by atoms with E-state index in [-0.39, 0.29) is 0 Å². The summed E-state index contributed by atoms with van der Waals surface area (Å²) in [5, 5.41) is 4.00. The normalized spacial score (nSPS) is 11.3. The fourth-order valence-corrected chi connectivity index (χ4v) is 4.69. The molecule has 2 N–H and O–H groups in total. The number of aryl methyl sites for hydroxylation is 1. The van der Waals surface area contributed by atoms with Crippen LogP contribution in [0.5, 0.6) is 0 Å². The maximum Gasteiger partial charge on any atom is 0.271 e. The van der Waals surface area contributed by atoms with E-state index in [1.807, 2.05) is 43.3 Å². The van der Waals surface area contributed by atoms with Crippen molar-refractivity contribution in [2.75, 3.05) is 10.0 Å². The molecule has 0 radical (unpaired) electrons. The second-order valence-corrected chi connectivity index (χ2v) is 9.16. The average molecular weight is 393 g/mol. The van der Waals surface area contributed by atoms with E-state index in [0.29, 0.717) is 21.5 Å². The summed E-state index contributed by atoms with van der Waals surface area (Å²) in [7, 11) is -3.53. The molecule has 25 heavy (non-hydrogen) atoms. The van der Waals surface area contributed by atoms with Crippen LogP contribution in [0.1, 0.15) is 10.4 Å². The molecule has 3 rings (SSSR count). The first-order valence-electron chi connectivity index (χ1n) is 7.60. The molecule has 0 amide bonds. The molecule has 0 aliphatic carbocycles. The molecule has 0 saturated carbocycles. The number of sulfonamides is 1. The van der Waals surface area contributed by atoms with Crippen molar-refractivity contribution >= 4 is 44.3 Å². The van der Waals surface area contributed by atoms with Crippen LogP contribution in [0.4, 0.5) is 11.4 Å². The van der Waals surface area contributed by atoms with Gasteiger partial charge in [0.25, 0.3) is 10.0 Å². The first-order chi connectivity index (χ1) is 11.9. The van der Waals surface area contributed by atoms with Crippen molar-refractivity contribution in [1.82, 2.24) is 0 Å². The second-order valence-electron chi connectivity index (χ2n) is 5.53. The lowest BCUT2D eigenvalue weighted by Crippen LogP contribution is -2.11. The van der Waals surface area contributed by atoms with Crippen molar-refractivity contribution in [3.63, 3.8) is 0 Å². The zero-order valence-electron chi connectivity index (χ0n) is 13.5. The van der Waals surface area contributed by atoms with E-state index in [9.17, 15) is 8.42 Å². The third-order valence-electron chi connectivity index (χ3n) is 3.53. The molecule has 0 fully saturated rings. The van der Waals surface area contributed by atoms with Crippen LogP contribution in [0, 0.1) is 6.92 Å². The van der Waals surface area contributed by atoms with Gasteiger partial charge in [0.2, 0.25) is 0 Å². The first kappa shape index (κ1) is 17.8. The van der Waals surface area contributed by atoms with Gasteiger partial charge in [-0.1, -0.05) is 23.7 Å². The number of benzene rings is 2. The van der Waals surface area contributed by atoms with Crippen LogP contribution in [-0.4, -0.2) is 8.42 Å². The van der Waals surface area contributed by atoms with Crippen LogP contribution in [0.25, 0.3) is 0 Å². The molecule has 1 heterocycles. The predicted molar refractivity (Wildman–Crippen MR) is 105 cm³/mol. The summed E-state index contributed by atoms with van der Waals surface area (Å²) in [5.41, 5.74) is 2.55. The molecule has 2 aromatic carbocycles. The van der Waals surface area contributed by atoms with Gasteiger partial charge in [-0.3, -0.25) is 4.72 Å². The molecule has 7 heteroatoms. The molecule has 0 atom stereocenters. The summed E-state index contributed by atoms with van der Waals surface area (Å²) in [6.45, 7) is 2.54. The van der Waals surface area contributed by atoms with E-state index in [2.05, 4.69) is 10.0 Å². The van der Waals surface area contributed by atoms with Crippen LogP contribution < -0.4 is 10.0 Å². The highest BCUT2D eigenvalue weighted by Gasteiger charge is 2.16. The Labute approximate surface area is 156 Å². The maximum atomic E-state index is 12.3. The molecule has 0 aliphatic heterocycles. The Morgan fingerprint density at radius 3 is 2.16 bits per heavy atom. The Kier molecular flexibility index (Phi) is 5.32. The lowest BCUT2D eigenvalue weighted by atomic mass is 10.2. The number of rotatable bonds is 6. The van der Waals surface area contributed by atoms with Crippen molar-refractivity contribution in [1.29, 1.82) is 0 Å². The fraction of sp³-hybridized carbons (Fsp3) is 0.111. The van der Waals surface area contributed by atoms with Crippen molar-refractivity contribution in [2.24, 2.45) is 0 Å². The predicted octanol–water partition coefficient (Wildman–Crippen LogP) is 5.12. The Morgan fingerprint density at radius 1 is 0.920 bits per heavy atom. The highest BCUT2D eigenvalue weighted by atomic mass is 35.5. The Morgan fingerprint density at radius 2 is 1.56 bits per heavy atom. The van der Waals surface area contributed by atoms with Crippen molar-refractivity contribution in [3.05, 3.63) is 76.1 Å².